The van der Waals surface area contributed by atoms with E-state index in [2.05, 4.69) is 5.32 Å². The minimum absolute atomic E-state index is 0.130. The van der Waals surface area contributed by atoms with Crippen LogP contribution in [0.2, 0.25) is 0 Å². The number of aliphatic carboxylic acids is 1. The normalized spacial score (nSPS) is 25.3. The molecule has 0 radical (unpaired) electrons. The van der Waals surface area contributed by atoms with Crippen LogP contribution in [0.15, 0.2) is 11.6 Å². The first-order valence-electron chi connectivity index (χ1n) is 6.76. The van der Waals surface area contributed by atoms with Gasteiger partial charge in [0, 0.05) is 11.6 Å². The Bertz CT molecular complexity index is 336. The van der Waals surface area contributed by atoms with Crippen LogP contribution < -0.4 is 5.32 Å². The molecule has 1 rings (SSSR count). The molecule has 0 aromatic heterocycles. The number of amides is 1. The number of carboxylic acid groups (broad SMARTS) is 1. The number of rotatable bonds is 4. The molecule has 1 aliphatic carbocycles. The molecule has 0 spiro atoms. The maximum atomic E-state index is 11.9. The largest absolute Gasteiger partial charge is 0.481 e. The van der Waals surface area contributed by atoms with E-state index in [9.17, 15) is 14.7 Å². The molecule has 0 aromatic carbocycles. The molecule has 0 unspecified atom stereocenters. The second-order valence-electron chi connectivity index (χ2n) is 4.96. The second kappa shape index (κ2) is 7.19. The van der Waals surface area contributed by atoms with Crippen molar-refractivity contribution in [1.82, 2.24) is 5.32 Å². The number of carboxylic acids is 1. The average molecular weight is 253 g/mol. The fourth-order valence-electron chi connectivity index (χ4n) is 2.46. The molecule has 2 N–H and O–H groups in total. The van der Waals surface area contributed by atoms with Crippen molar-refractivity contribution >= 4 is 11.9 Å². The first-order chi connectivity index (χ1) is 8.56. The van der Waals surface area contributed by atoms with E-state index in [4.69, 9.17) is 0 Å². The summed E-state index contributed by atoms with van der Waals surface area (Å²) in [6.07, 6.45) is 7.09. The molecule has 0 aromatic rings. The van der Waals surface area contributed by atoms with Crippen LogP contribution in [0.3, 0.4) is 0 Å². The Hall–Kier alpha value is -1.32. The summed E-state index contributed by atoms with van der Waals surface area (Å²) >= 11 is 0. The van der Waals surface area contributed by atoms with Crippen LogP contribution in [0.5, 0.6) is 0 Å². The molecular weight excluding hydrogens is 230 g/mol. The molecule has 0 saturated heterocycles. The Morgan fingerprint density at radius 3 is 2.56 bits per heavy atom. The fraction of sp³-hybridized carbons (Fsp3) is 0.714. The summed E-state index contributed by atoms with van der Waals surface area (Å²) in [5, 5.41) is 12.1. The smallest absolute Gasteiger partial charge is 0.308 e. The summed E-state index contributed by atoms with van der Waals surface area (Å²) in [4.78, 5) is 23.1. The Labute approximate surface area is 108 Å². The van der Waals surface area contributed by atoms with Crippen LogP contribution >= 0.6 is 0 Å². The van der Waals surface area contributed by atoms with Crippen LogP contribution in [0.4, 0.5) is 0 Å². The molecular formula is C14H23NO3. The molecule has 1 saturated carbocycles. The first kappa shape index (κ1) is 14.7. The van der Waals surface area contributed by atoms with Crippen molar-refractivity contribution < 1.29 is 14.7 Å². The quantitative estimate of drug-likeness (QED) is 0.597. The van der Waals surface area contributed by atoms with Crippen LogP contribution in [-0.2, 0) is 9.59 Å². The highest BCUT2D eigenvalue weighted by Gasteiger charge is 2.30. The van der Waals surface area contributed by atoms with Crippen molar-refractivity contribution in [2.45, 2.75) is 58.4 Å². The molecule has 0 bridgehead atoms. The number of carbonyl (C=O) groups excluding carboxylic acids is 1. The Kier molecular flexibility index (Phi) is 5.89. The van der Waals surface area contributed by atoms with Crippen LogP contribution in [-0.4, -0.2) is 23.0 Å². The highest BCUT2D eigenvalue weighted by atomic mass is 16.4. The molecule has 2 atom stereocenters. The number of nitrogens with one attached hydrogen (secondary N) is 1. The van der Waals surface area contributed by atoms with E-state index in [0.29, 0.717) is 12.0 Å². The van der Waals surface area contributed by atoms with Gasteiger partial charge in [-0.3, -0.25) is 9.59 Å². The van der Waals surface area contributed by atoms with Gasteiger partial charge in [0.1, 0.15) is 0 Å². The van der Waals surface area contributed by atoms with E-state index in [1.54, 1.807) is 6.92 Å². The minimum Gasteiger partial charge on any atom is -0.481 e. The lowest BCUT2D eigenvalue weighted by atomic mass is 9.94. The molecule has 4 nitrogen and oxygen atoms in total. The predicted molar refractivity (Wildman–Crippen MR) is 70.2 cm³/mol. The third-order valence-electron chi connectivity index (χ3n) is 3.52. The zero-order chi connectivity index (χ0) is 13.5. The highest BCUT2D eigenvalue weighted by Crippen LogP contribution is 2.24. The lowest BCUT2D eigenvalue weighted by Gasteiger charge is -2.23. The van der Waals surface area contributed by atoms with Gasteiger partial charge in [-0.15, -0.1) is 0 Å². The van der Waals surface area contributed by atoms with E-state index in [-0.39, 0.29) is 11.9 Å². The standard InChI is InChI=1S/C14H23NO3/c1-3-7-10(2)13(16)15-12-9-6-4-5-8-11(12)14(17)18/h7,11-12H,3-6,8-9H2,1-2H3,(H,15,16)(H,17,18)/b10-7+/t11-,12-/m1/s1. The van der Waals surface area contributed by atoms with Gasteiger partial charge in [0.25, 0.3) is 0 Å². The third kappa shape index (κ3) is 4.17. The lowest BCUT2D eigenvalue weighted by molar-refractivity contribution is -0.143. The maximum absolute atomic E-state index is 11.9. The first-order valence-corrected chi connectivity index (χ1v) is 6.76. The summed E-state index contributed by atoms with van der Waals surface area (Å²) in [6.45, 7) is 3.74. The SMILES string of the molecule is CC/C=C(\C)C(=O)N[C@@H]1CCCCC[C@H]1C(=O)O. The van der Waals surface area contributed by atoms with Gasteiger partial charge in [-0.2, -0.15) is 0 Å². The number of hydrogen-bond donors (Lipinski definition) is 2. The summed E-state index contributed by atoms with van der Waals surface area (Å²) in [6, 6.07) is -0.224. The minimum atomic E-state index is -0.792. The van der Waals surface area contributed by atoms with E-state index in [1.807, 2.05) is 13.0 Å². The zero-order valence-electron chi connectivity index (χ0n) is 11.2. The summed E-state index contributed by atoms with van der Waals surface area (Å²) in [5.74, 6) is -1.36. The van der Waals surface area contributed by atoms with E-state index >= 15 is 0 Å². The number of allylic oxidation sites excluding steroid dienone is 1. The predicted octanol–water partition coefficient (Wildman–Crippen LogP) is 2.49. The summed E-state index contributed by atoms with van der Waals surface area (Å²) in [7, 11) is 0. The van der Waals surface area contributed by atoms with Crippen molar-refractivity contribution in [3.63, 3.8) is 0 Å². The molecule has 1 aliphatic rings. The van der Waals surface area contributed by atoms with Crippen LogP contribution in [0.1, 0.15) is 52.4 Å². The van der Waals surface area contributed by atoms with Crippen molar-refractivity contribution in [2.24, 2.45) is 5.92 Å². The van der Waals surface area contributed by atoms with Crippen molar-refractivity contribution in [3.8, 4) is 0 Å². The van der Waals surface area contributed by atoms with Gasteiger partial charge in [0.15, 0.2) is 0 Å². The molecule has 0 heterocycles. The van der Waals surface area contributed by atoms with Gasteiger partial charge in [-0.1, -0.05) is 32.3 Å². The molecule has 0 aliphatic heterocycles. The summed E-state index contributed by atoms with van der Waals surface area (Å²) in [5.41, 5.74) is 0.672. The zero-order valence-corrected chi connectivity index (χ0v) is 11.2. The molecule has 102 valence electrons. The van der Waals surface area contributed by atoms with Crippen molar-refractivity contribution in [2.75, 3.05) is 0 Å². The topological polar surface area (TPSA) is 66.4 Å². The van der Waals surface area contributed by atoms with Gasteiger partial charge < -0.3 is 10.4 Å². The van der Waals surface area contributed by atoms with Gasteiger partial charge in [0.05, 0.1) is 5.92 Å². The van der Waals surface area contributed by atoms with E-state index < -0.39 is 11.9 Å². The van der Waals surface area contributed by atoms with Crippen molar-refractivity contribution in [1.29, 1.82) is 0 Å². The number of carbonyl (C=O) groups is 2. The fourth-order valence-corrected chi connectivity index (χ4v) is 2.46. The van der Waals surface area contributed by atoms with Gasteiger partial charge in [0.2, 0.25) is 5.91 Å². The Balaban J connectivity index is 2.69. The number of hydrogen-bond acceptors (Lipinski definition) is 2. The van der Waals surface area contributed by atoms with Gasteiger partial charge in [-0.05, 0) is 26.2 Å². The van der Waals surface area contributed by atoms with Crippen LogP contribution in [0.25, 0.3) is 0 Å². The monoisotopic (exact) mass is 253 g/mol. The maximum Gasteiger partial charge on any atom is 0.308 e. The van der Waals surface area contributed by atoms with E-state index in [0.717, 1.165) is 32.1 Å². The molecule has 4 heteroatoms. The third-order valence-corrected chi connectivity index (χ3v) is 3.52. The second-order valence-corrected chi connectivity index (χ2v) is 4.96. The Morgan fingerprint density at radius 1 is 1.28 bits per heavy atom. The molecule has 1 amide bonds. The van der Waals surface area contributed by atoms with Crippen molar-refractivity contribution in [3.05, 3.63) is 11.6 Å². The summed E-state index contributed by atoms with van der Waals surface area (Å²) < 4.78 is 0. The molecule has 18 heavy (non-hydrogen) atoms. The van der Waals surface area contributed by atoms with Gasteiger partial charge >= 0.3 is 5.97 Å². The van der Waals surface area contributed by atoms with Gasteiger partial charge in [-0.25, -0.2) is 0 Å². The molecule has 1 fully saturated rings. The Morgan fingerprint density at radius 2 is 1.94 bits per heavy atom. The van der Waals surface area contributed by atoms with E-state index in [1.165, 1.54) is 0 Å². The van der Waals surface area contributed by atoms with Crippen LogP contribution in [0, 0.1) is 5.92 Å². The average Bonchev–Trinajstić information content (AvgIpc) is 2.54. The highest BCUT2D eigenvalue weighted by molar-refractivity contribution is 5.93. The lowest BCUT2D eigenvalue weighted by Crippen LogP contribution is -2.43.